The van der Waals surface area contributed by atoms with Crippen LogP contribution in [0.15, 0.2) is 41.3 Å². The van der Waals surface area contributed by atoms with E-state index in [1.807, 2.05) is 0 Å². The van der Waals surface area contributed by atoms with Crippen molar-refractivity contribution in [1.29, 1.82) is 0 Å². The molecular weight excluding hydrogens is 514 g/mol. The molecule has 2 aromatic rings. The monoisotopic (exact) mass is 536 g/mol. The van der Waals surface area contributed by atoms with Crippen molar-refractivity contribution in [3.8, 4) is 5.75 Å². The van der Waals surface area contributed by atoms with Gasteiger partial charge in [-0.15, -0.1) is 0 Å². The van der Waals surface area contributed by atoms with Crippen molar-refractivity contribution < 1.29 is 39.3 Å². The third kappa shape index (κ3) is 4.21. The summed E-state index contributed by atoms with van der Waals surface area (Å²) in [6.45, 7) is 0.821. The molecule has 12 heteroatoms. The van der Waals surface area contributed by atoms with Gasteiger partial charge < -0.3 is 9.47 Å². The van der Waals surface area contributed by atoms with Crippen LogP contribution in [0.1, 0.15) is 25.3 Å². The average molecular weight is 537 g/mol. The fourth-order valence-corrected chi connectivity index (χ4v) is 7.70. The van der Waals surface area contributed by atoms with E-state index in [-0.39, 0.29) is 48.9 Å². The second kappa shape index (κ2) is 9.34. The fraction of sp³-hybridized carbons (Fsp3) is 0.455. The van der Waals surface area contributed by atoms with Gasteiger partial charge >= 0.3 is 0 Å². The third-order valence-corrected chi connectivity index (χ3v) is 10.4. The molecule has 4 rings (SSSR count). The summed E-state index contributed by atoms with van der Waals surface area (Å²) in [6, 6.07) is 7.21. The highest BCUT2D eigenvalue weighted by molar-refractivity contribution is 7.92. The highest BCUT2D eigenvalue weighted by Crippen LogP contribution is 2.55. The van der Waals surface area contributed by atoms with E-state index in [4.69, 9.17) is 25.3 Å². The topological polar surface area (TPSA) is 96.0 Å². The molecule has 2 aliphatic rings. The van der Waals surface area contributed by atoms with Gasteiger partial charge in [-0.25, -0.2) is 17.2 Å². The molecule has 3 atom stereocenters. The highest BCUT2D eigenvalue weighted by Gasteiger charge is 2.61. The Morgan fingerprint density at radius 2 is 1.76 bits per heavy atom. The SMILES string of the molecule is CCS(=O)(=O)OCC[C@@H]1OCC[C@@]2(S(=O)(=O)c3ccc(Cl)cc3)c3c(F)ccc(F)c3OCC12. The molecule has 1 saturated heterocycles. The van der Waals surface area contributed by atoms with Gasteiger partial charge in [0.25, 0.3) is 10.1 Å². The molecule has 0 spiro atoms. The van der Waals surface area contributed by atoms with Crippen LogP contribution in [0.25, 0.3) is 0 Å². The van der Waals surface area contributed by atoms with Crippen molar-refractivity contribution in [2.24, 2.45) is 5.92 Å². The summed E-state index contributed by atoms with van der Waals surface area (Å²) in [7, 11) is -8.06. The Kier molecular flexibility index (Phi) is 6.96. The molecule has 2 aliphatic heterocycles. The van der Waals surface area contributed by atoms with Crippen molar-refractivity contribution >= 4 is 31.6 Å². The zero-order valence-electron chi connectivity index (χ0n) is 18.2. The van der Waals surface area contributed by atoms with E-state index in [0.29, 0.717) is 5.02 Å². The molecule has 0 amide bonds. The Bertz CT molecular complexity index is 1280. The minimum atomic E-state index is -4.33. The van der Waals surface area contributed by atoms with Crippen LogP contribution in [0.3, 0.4) is 0 Å². The largest absolute Gasteiger partial charge is 0.490 e. The van der Waals surface area contributed by atoms with Gasteiger partial charge in [0, 0.05) is 17.5 Å². The Morgan fingerprint density at radius 1 is 1.09 bits per heavy atom. The molecule has 0 aliphatic carbocycles. The predicted molar refractivity (Wildman–Crippen MR) is 120 cm³/mol. The van der Waals surface area contributed by atoms with Crippen LogP contribution in [0.5, 0.6) is 5.75 Å². The van der Waals surface area contributed by atoms with Gasteiger partial charge in [0.2, 0.25) is 0 Å². The van der Waals surface area contributed by atoms with E-state index in [2.05, 4.69) is 0 Å². The van der Waals surface area contributed by atoms with Crippen molar-refractivity contribution in [1.82, 2.24) is 0 Å². The lowest BCUT2D eigenvalue weighted by Gasteiger charge is -2.50. The van der Waals surface area contributed by atoms with Crippen LogP contribution < -0.4 is 4.74 Å². The van der Waals surface area contributed by atoms with Crippen molar-refractivity contribution in [3.63, 3.8) is 0 Å². The molecule has 1 fully saturated rings. The maximum absolute atomic E-state index is 15.3. The summed E-state index contributed by atoms with van der Waals surface area (Å²) in [5, 5.41) is 0.316. The first-order valence-corrected chi connectivity index (χ1v) is 14.1. The fourth-order valence-electron chi connectivity index (χ4n) is 4.71. The summed E-state index contributed by atoms with van der Waals surface area (Å²) in [5.74, 6) is -3.42. The molecule has 0 saturated carbocycles. The molecular formula is C22H23ClF2O7S2. The highest BCUT2D eigenvalue weighted by atomic mass is 35.5. The summed E-state index contributed by atoms with van der Waals surface area (Å²) in [6.07, 6.45) is -0.986. The molecule has 7 nitrogen and oxygen atoms in total. The molecule has 0 aromatic heterocycles. The molecule has 34 heavy (non-hydrogen) atoms. The van der Waals surface area contributed by atoms with Crippen LogP contribution in [0.2, 0.25) is 5.02 Å². The van der Waals surface area contributed by atoms with Crippen molar-refractivity contribution in [2.75, 3.05) is 25.6 Å². The number of ether oxygens (including phenoxy) is 2. The number of benzene rings is 2. The first-order valence-electron chi connectivity index (χ1n) is 10.6. The first-order chi connectivity index (χ1) is 16.0. The van der Waals surface area contributed by atoms with E-state index in [9.17, 15) is 21.2 Å². The third-order valence-electron chi connectivity index (χ3n) is 6.36. The van der Waals surface area contributed by atoms with E-state index in [0.717, 1.165) is 12.1 Å². The Labute approximate surface area is 202 Å². The number of sulfone groups is 1. The van der Waals surface area contributed by atoms with Gasteiger partial charge in [-0.05, 0) is 56.2 Å². The summed E-state index contributed by atoms with van der Waals surface area (Å²) in [5.41, 5.74) is -0.380. The zero-order valence-corrected chi connectivity index (χ0v) is 20.6. The van der Waals surface area contributed by atoms with Crippen LogP contribution >= 0.6 is 11.6 Å². The predicted octanol–water partition coefficient (Wildman–Crippen LogP) is 3.84. The first kappa shape index (κ1) is 25.3. The lowest BCUT2D eigenvalue weighted by atomic mass is 9.75. The van der Waals surface area contributed by atoms with Gasteiger partial charge in [-0.3, -0.25) is 4.18 Å². The summed E-state index contributed by atoms with van der Waals surface area (Å²) < 4.78 is 96.0. The molecule has 1 unspecified atom stereocenters. The zero-order chi connectivity index (χ0) is 24.7. The van der Waals surface area contributed by atoms with Crippen molar-refractivity contribution in [3.05, 3.63) is 58.6 Å². The molecule has 2 aromatic carbocycles. The quantitative estimate of drug-likeness (QED) is 0.496. The standard InChI is InChI=1S/C22H23ClF2O7S2/c1-2-33(26,27)32-11-9-19-16-13-31-21-18(25)8-7-17(24)20(21)22(16,10-12-30-19)34(28,29)15-5-3-14(23)4-6-15/h3-8,16,19H,2,9-13H2,1H3/t16?,19-,22-/m0/s1. The second-order valence-corrected chi connectivity index (χ2v) is 12.7. The van der Waals surface area contributed by atoms with Gasteiger partial charge in [0.15, 0.2) is 21.4 Å². The Morgan fingerprint density at radius 3 is 2.44 bits per heavy atom. The van der Waals surface area contributed by atoms with Crippen LogP contribution in [-0.4, -0.2) is 48.5 Å². The lowest BCUT2D eigenvalue weighted by Crippen LogP contribution is -2.57. The summed E-state index contributed by atoms with van der Waals surface area (Å²) in [4.78, 5) is -0.108. The van der Waals surface area contributed by atoms with E-state index in [1.54, 1.807) is 0 Å². The maximum Gasteiger partial charge on any atom is 0.267 e. The van der Waals surface area contributed by atoms with E-state index < -0.39 is 54.1 Å². The van der Waals surface area contributed by atoms with Gasteiger partial charge in [-0.2, -0.15) is 8.42 Å². The maximum atomic E-state index is 15.3. The number of fused-ring (bicyclic) bond motifs is 3. The van der Waals surface area contributed by atoms with Crippen LogP contribution in [0.4, 0.5) is 8.78 Å². The van der Waals surface area contributed by atoms with E-state index >= 15 is 4.39 Å². The van der Waals surface area contributed by atoms with Crippen LogP contribution in [0, 0.1) is 17.6 Å². The summed E-state index contributed by atoms with van der Waals surface area (Å²) >= 11 is 5.93. The number of rotatable bonds is 7. The van der Waals surface area contributed by atoms with Crippen LogP contribution in [-0.2, 0) is 33.6 Å². The molecule has 186 valence electrons. The number of hydrogen-bond acceptors (Lipinski definition) is 7. The minimum absolute atomic E-state index is 0.0113. The lowest BCUT2D eigenvalue weighted by molar-refractivity contribution is -0.0793. The van der Waals surface area contributed by atoms with Crippen molar-refractivity contribution in [2.45, 2.75) is 35.5 Å². The molecule has 0 bridgehead atoms. The minimum Gasteiger partial charge on any atom is -0.490 e. The molecule has 0 N–H and O–H groups in total. The number of halogens is 3. The van der Waals surface area contributed by atoms with Gasteiger partial charge in [0.1, 0.15) is 10.6 Å². The molecule has 2 heterocycles. The van der Waals surface area contributed by atoms with Gasteiger partial charge in [0.05, 0.1) is 35.5 Å². The second-order valence-electron chi connectivity index (χ2n) is 8.11. The normalized spacial score (nSPS) is 24.7. The Balaban J connectivity index is 1.85. The molecule has 0 radical (unpaired) electrons. The number of hydrogen-bond donors (Lipinski definition) is 0. The average Bonchev–Trinajstić information content (AvgIpc) is 2.81. The van der Waals surface area contributed by atoms with E-state index in [1.165, 1.54) is 31.2 Å². The Hall–Kier alpha value is -1.79. The smallest absolute Gasteiger partial charge is 0.267 e. The van der Waals surface area contributed by atoms with Gasteiger partial charge in [-0.1, -0.05) is 11.6 Å².